The quantitative estimate of drug-likeness (QED) is 0.882. The highest BCUT2D eigenvalue weighted by molar-refractivity contribution is 5.55. The number of aryl methyl sites for hydroxylation is 1. The van der Waals surface area contributed by atoms with Crippen molar-refractivity contribution in [3.05, 3.63) is 47.3 Å². The van der Waals surface area contributed by atoms with Crippen molar-refractivity contribution in [1.29, 1.82) is 0 Å². The molecule has 0 aliphatic carbocycles. The fraction of sp³-hybridized carbons (Fsp3) is 0.333. The lowest BCUT2D eigenvalue weighted by atomic mass is 10.1. The summed E-state index contributed by atoms with van der Waals surface area (Å²) in [7, 11) is 0. The predicted octanol–water partition coefficient (Wildman–Crippen LogP) is 3.10. The molecule has 0 saturated heterocycles. The highest BCUT2D eigenvalue weighted by Crippen LogP contribution is 2.23. The average molecular weight is 256 g/mol. The van der Waals surface area contributed by atoms with Crippen LogP contribution in [0.15, 0.2) is 30.3 Å². The number of nitrogen functional groups attached to an aromatic ring is 1. The number of hydrogen-bond acceptors (Lipinski definition) is 4. The van der Waals surface area contributed by atoms with E-state index in [9.17, 15) is 0 Å². The summed E-state index contributed by atoms with van der Waals surface area (Å²) in [5.41, 5.74) is 8.04. The van der Waals surface area contributed by atoms with Crippen LogP contribution in [0.5, 0.6) is 0 Å². The van der Waals surface area contributed by atoms with Gasteiger partial charge in [-0.25, -0.2) is 9.97 Å². The molecule has 0 aliphatic rings. The maximum atomic E-state index is 5.92. The first kappa shape index (κ1) is 13.3. The van der Waals surface area contributed by atoms with Gasteiger partial charge in [-0.15, -0.1) is 0 Å². The van der Waals surface area contributed by atoms with E-state index < -0.39 is 0 Å². The van der Waals surface area contributed by atoms with E-state index in [-0.39, 0.29) is 6.04 Å². The molecule has 19 heavy (non-hydrogen) atoms. The molecule has 0 radical (unpaired) electrons. The Bertz CT molecular complexity index is 552. The minimum atomic E-state index is 0.180. The molecule has 4 heteroatoms. The molecule has 2 aromatic rings. The molecular formula is C15H20N4. The van der Waals surface area contributed by atoms with Gasteiger partial charge in [-0.2, -0.15) is 0 Å². The average Bonchev–Trinajstić information content (AvgIpc) is 2.44. The van der Waals surface area contributed by atoms with Crippen LogP contribution in [-0.2, 0) is 6.42 Å². The normalized spacial score (nSPS) is 12.2. The van der Waals surface area contributed by atoms with Gasteiger partial charge in [0.25, 0.3) is 0 Å². The van der Waals surface area contributed by atoms with Crippen LogP contribution in [0, 0.1) is 6.92 Å². The summed E-state index contributed by atoms with van der Waals surface area (Å²) < 4.78 is 0. The molecule has 0 spiro atoms. The molecule has 100 valence electrons. The Labute approximate surface area is 114 Å². The van der Waals surface area contributed by atoms with E-state index in [1.807, 2.05) is 32.0 Å². The van der Waals surface area contributed by atoms with Gasteiger partial charge < -0.3 is 11.1 Å². The van der Waals surface area contributed by atoms with E-state index in [1.165, 1.54) is 5.56 Å². The summed E-state index contributed by atoms with van der Waals surface area (Å²) in [6, 6.07) is 10.5. The van der Waals surface area contributed by atoms with Gasteiger partial charge in [-0.1, -0.05) is 37.3 Å². The minimum absolute atomic E-state index is 0.180. The Morgan fingerprint density at radius 2 is 1.89 bits per heavy atom. The lowest BCUT2D eigenvalue weighted by Crippen LogP contribution is -2.12. The van der Waals surface area contributed by atoms with Crippen molar-refractivity contribution < 1.29 is 0 Å². The van der Waals surface area contributed by atoms with Crippen LogP contribution in [-0.4, -0.2) is 9.97 Å². The monoisotopic (exact) mass is 256 g/mol. The van der Waals surface area contributed by atoms with E-state index in [2.05, 4.69) is 34.3 Å². The highest BCUT2D eigenvalue weighted by Gasteiger charge is 2.11. The largest absolute Gasteiger partial charge is 0.383 e. The summed E-state index contributed by atoms with van der Waals surface area (Å²) in [5, 5.41) is 3.41. The Hall–Kier alpha value is -2.10. The molecule has 0 bridgehead atoms. The lowest BCUT2D eigenvalue weighted by Gasteiger charge is -2.17. The minimum Gasteiger partial charge on any atom is -0.383 e. The van der Waals surface area contributed by atoms with Gasteiger partial charge in [0.1, 0.15) is 17.5 Å². The first-order valence-corrected chi connectivity index (χ1v) is 6.56. The third-order valence-corrected chi connectivity index (χ3v) is 3.20. The molecule has 1 atom stereocenters. The lowest BCUT2D eigenvalue weighted by molar-refractivity contribution is 0.853. The van der Waals surface area contributed by atoms with E-state index in [0.29, 0.717) is 5.82 Å². The zero-order chi connectivity index (χ0) is 13.8. The summed E-state index contributed by atoms with van der Waals surface area (Å²) >= 11 is 0. The van der Waals surface area contributed by atoms with Gasteiger partial charge in [0.2, 0.25) is 0 Å². The third kappa shape index (κ3) is 3.02. The van der Waals surface area contributed by atoms with Crippen molar-refractivity contribution in [3.8, 4) is 0 Å². The SMILES string of the molecule is CCc1nc(N)c(C)c(NC(C)c2ccccc2)n1. The van der Waals surface area contributed by atoms with Gasteiger partial charge in [-0.05, 0) is 19.4 Å². The van der Waals surface area contributed by atoms with Crippen LogP contribution in [0.1, 0.15) is 36.8 Å². The molecule has 0 saturated carbocycles. The summed E-state index contributed by atoms with van der Waals surface area (Å²) in [5.74, 6) is 2.14. The van der Waals surface area contributed by atoms with Crippen LogP contribution < -0.4 is 11.1 Å². The zero-order valence-corrected chi connectivity index (χ0v) is 11.6. The first-order chi connectivity index (χ1) is 9.11. The second-order valence-corrected chi connectivity index (χ2v) is 4.63. The highest BCUT2D eigenvalue weighted by atomic mass is 15.1. The second-order valence-electron chi connectivity index (χ2n) is 4.63. The standard InChI is InChI=1S/C15H20N4/c1-4-13-18-14(16)10(2)15(19-13)17-11(3)12-8-6-5-7-9-12/h5-9,11H,4H2,1-3H3,(H3,16,17,18,19). The third-order valence-electron chi connectivity index (χ3n) is 3.20. The van der Waals surface area contributed by atoms with Crippen molar-refractivity contribution in [2.24, 2.45) is 0 Å². The van der Waals surface area contributed by atoms with Crippen LogP contribution in [0.2, 0.25) is 0 Å². The molecule has 1 aromatic heterocycles. The summed E-state index contributed by atoms with van der Waals surface area (Å²) in [6.07, 6.45) is 0.777. The number of aromatic nitrogens is 2. The molecule has 0 amide bonds. The number of nitrogens with one attached hydrogen (secondary N) is 1. The molecule has 3 N–H and O–H groups in total. The molecule has 1 unspecified atom stereocenters. The molecule has 0 aliphatic heterocycles. The maximum absolute atomic E-state index is 5.92. The fourth-order valence-corrected chi connectivity index (χ4v) is 1.91. The number of hydrogen-bond donors (Lipinski definition) is 2. The van der Waals surface area contributed by atoms with Gasteiger partial charge in [0, 0.05) is 18.0 Å². The van der Waals surface area contributed by atoms with Crippen LogP contribution in [0.3, 0.4) is 0 Å². The van der Waals surface area contributed by atoms with Crippen molar-refractivity contribution in [1.82, 2.24) is 9.97 Å². The Kier molecular flexibility index (Phi) is 4.00. The Balaban J connectivity index is 2.26. The van der Waals surface area contributed by atoms with Crippen LogP contribution in [0.25, 0.3) is 0 Å². The zero-order valence-electron chi connectivity index (χ0n) is 11.6. The second kappa shape index (κ2) is 5.69. The first-order valence-electron chi connectivity index (χ1n) is 6.56. The number of nitrogens with zero attached hydrogens (tertiary/aromatic N) is 2. The number of nitrogens with two attached hydrogens (primary N) is 1. The maximum Gasteiger partial charge on any atom is 0.135 e. The van der Waals surface area contributed by atoms with Crippen molar-refractivity contribution >= 4 is 11.6 Å². The number of rotatable bonds is 4. The summed E-state index contributed by atoms with van der Waals surface area (Å²) in [6.45, 7) is 6.07. The van der Waals surface area contributed by atoms with E-state index in [1.54, 1.807) is 0 Å². The Morgan fingerprint density at radius 1 is 1.21 bits per heavy atom. The molecule has 2 rings (SSSR count). The number of benzene rings is 1. The van der Waals surface area contributed by atoms with E-state index in [0.717, 1.165) is 23.6 Å². The number of anilines is 2. The van der Waals surface area contributed by atoms with Crippen LogP contribution in [0.4, 0.5) is 11.6 Å². The fourth-order valence-electron chi connectivity index (χ4n) is 1.91. The van der Waals surface area contributed by atoms with Gasteiger partial charge >= 0.3 is 0 Å². The molecule has 0 fully saturated rings. The van der Waals surface area contributed by atoms with Crippen LogP contribution >= 0.6 is 0 Å². The van der Waals surface area contributed by atoms with Crippen molar-refractivity contribution in [2.45, 2.75) is 33.2 Å². The van der Waals surface area contributed by atoms with E-state index in [4.69, 9.17) is 5.73 Å². The molecule has 1 heterocycles. The topological polar surface area (TPSA) is 63.8 Å². The molecule has 4 nitrogen and oxygen atoms in total. The van der Waals surface area contributed by atoms with E-state index >= 15 is 0 Å². The predicted molar refractivity (Wildman–Crippen MR) is 79.0 cm³/mol. The molecule has 1 aromatic carbocycles. The Morgan fingerprint density at radius 3 is 2.53 bits per heavy atom. The summed E-state index contributed by atoms with van der Waals surface area (Å²) in [4.78, 5) is 8.77. The van der Waals surface area contributed by atoms with Crippen molar-refractivity contribution in [2.75, 3.05) is 11.1 Å². The van der Waals surface area contributed by atoms with Gasteiger partial charge in [0.15, 0.2) is 0 Å². The van der Waals surface area contributed by atoms with Crippen molar-refractivity contribution in [3.63, 3.8) is 0 Å². The smallest absolute Gasteiger partial charge is 0.135 e. The van der Waals surface area contributed by atoms with Gasteiger partial charge in [0.05, 0.1) is 0 Å². The van der Waals surface area contributed by atoms with Gasteiger partial charge in [-0.3, -0.25) is 0 Å². The molecular weight excluding hydrogens is 236 g/mol.